The average molecular weight is 537 g/mol. The summed E-state index contributed by atoms with van der Waals surface area (Å²) in [7, 11) is 0. The van der Waals surface area contributed by atoms with Gasteiger partial charge in [-0.2, -0.15) is 11.3 Å². The molecule has 0 spiro atoms. The van der Waals surface area contributed by atoms with E-state index >= 15 is 0 Å². The van der Waals surface area contributed by atoms with Crippen molar-refractivity contribution < 1.29 is 26.3 Å². The summed E-state index contributed by atoms with van der Waals surface area (Å²) in [6, 6.07) is 22.8. The van der Waals surface area contributed by atoms with Crippen LogP contribution in [0.3, 0.4) is 0 Å². The summed E-state index contributed by atoms with van der Waals surface area (Å²) in [4.78, 5) is 13.3. The molecule has 34 heavy (non-hydrogen) atoms. The van der Waals surface area contributed by atoms with Crippen LogP contribution in [-0.4, -0.2) is 10.5 Å². The Bertz CT molecular complexity index is 1180. The molecular formula is C28H30BrN3OS. The molecule has 2 heterocycles. The Morgan fingerprint density at radius 1 is 1.06 bits per heavy atom. The van der Waals surface area contributed by atoms with Gasteiger partial charge in [0.25, 0.3) is 5.82 Å². The molecule has 2 aromatic heterocycles. The molecule has 0 bridgehead atoms. The van der Waals surface area contributed by atoms with Gasteiger partial charge in [-0.25, -0.2) is 9.13 Å². The highest BCUT2D eigenvalue weighted by molar-refractivity contribution is 7.07. The highest BCUT2D eigenvalue weighted by Crippen LogP contribution is 2.49. The summed E-state index contributed by atoms with van der Waals surface area (Å²) in [6.45, 7) is 3.08. The molecule has 1 amide bonds. The maximum Gasteiger partial charge on any atom is 0.253 e. The van der Waals surface area contributed by atoms with Crippen LogP contribution in [0.15, 0.2) is 89.9 Å². The van der Waals surface area contributed by atoms with Crippen molar-refractivity contribution in [2.45, 2.75) is 44.2 Å². The van der Waals surface area contributed by atoms with Crippen LogP contribution < -0.4 is 27.3 Å². The monoisotopic (exact) mass is 535 g/mol. The Morgan fingerprint density at radius 3 is 2.26 bits per heavy atom. The molecule has 2 N–H and O–H groups in total. The van der Waals surface area contributed by atoms with E-state index in [1.54, 1.807) is 11.3 Å². The van der Waals surface area contributed by atoms with E-state index in [9.17, 15) is 4.79 Å². The highest BCUT2D eigenvalue weighted by Gasteiger charge is 2.51. The molecule has 6 heteroatoms. The molecule has 0 aliphatic heterocycles. The molecule has 4 aromatic rings. The van der Waals surface area contributed by atoms with E-state index in [1.807, 2.05) is 36.4 Å². The fourth-order valence-corrected chi connectivity index (χ4v) is 6.44. The summed E-state index contributed by atoms with van der Waals surface area (Å²) in [5.74, 6) is 1.12. The van der Waals surface area contributed by atoms with Gasteiger partial charge in [0.1, 0.15) is 30.4 Å². The van der Waals surface area contributed by atoms with Gasteiger partial charge in [0, 0.05) is 12.5 Å². The van der Waals surface area contributed by atoms with E-state index in [2.05, 4.69) is 69.5 Å². The molecule has 2 atom stereocenters. The number of thiophene rings is 1. The number of hydrogen-bond donors (Lipinski definition) is 1. The lowest BCUT2D eigenvalue weighted by molar-refractivity contribution is -0.694. The van der Waals surface area contributed by atoms with Crippen LogP contribution in [0.5, 0.6) is 0 Å². The van der Waals surface area contributed by atoms with E-state index in [4.69, 9.17) is 5.73 Å². The molecule has 1 saturated carbocycles. The van der Waals surface area contributed by atoms with E-state index in [1.165, 1.54) is 11.4 Å². The van der Waals surface area contributed by atoms with Crippen LogP contribution in [0.25, 0.3) is 0 Å². The zero-order valence-corrected chi connectivity index (χ0v) is 21.7. The topological polar surface area (TPSA) is 51.9 Å². The van der Waals surface area contributed by atoms with Crippen LogP contribution in [0.1, 0.15) is 47.8 Å². The van der Waals surface area contributed by atoms with Gasteiger partial charge in [-0.3, -0.25) is 4.79 Å². The molecule has 1 fully saturated rings. The van der Waals surface area contributed by atoms with E-state index in [-0.39, 0.29) is 28.8 Å². The molecule has 0 radical (unpaired) electrons. The zero-order valence-electron chi connectivity index (χ0n) is 19.3. The second-order valence-corrected chi connectivity index (χ2v) is 9.86. The van der Waals surface area contributed by atoms with E-state index in [0.717, 1.165) is 36.9 Å². The Hall–Kier alpha value is -2.70. The second-order valence-electron chi connectivity index (χ2n) is 9.08. The Balaban J connectivity index is 0.00000274. The number of hydrogen-bond acceptors (Lipinski definition) is 2. The molecule has 0 saturated heterocycles. The van der Waals surface area contributed by atoms with Crippen molar-refractivity contribution in [3.05, 3.63) is 112 Å². The number of rotatable bonds is 7. The minimum absolute atomic E-state index is 0. The third-order valence-electron chi connectivity index (χ3n) is 7.39. The van der Waals surface area contributed by atoms with Gasteiger partial charge in [0.05, 0.1) is 0 Å². The SMILES string of the molecule is Cc1n(C2CCC(C(C(N)=O)(c3ccccc3)c3ccccc3)C2)cc[n+]1Cc1ccsc1.[Br-]. The first-order valence-corrected chi connectivity index (χ1v) is 12.5. The number of amides is 1. The van der Waals surface area contributed by atoms with Gasteiger partial charge in [-0.1, -0.05) is 60.7 Å². The maximum atomic E-state index is 13.3. The van der Waals surface area contributed by atoms with Gasteiger partial charge >= 0.3 is 0 Å². The van der Waals surface area contributed by atoms with E-state index < -0.39 is 5.41 Å². The van der Waals surface area contributed by atoms with Crippen LogP contribution in [0.2, 0.25) is 0 Å². The first-order valence-electron chi connectivity index (χ1n) is 11.6. The molecule has 1 aliphatic carbocycles. The van der Waals surface area contributed by atoms with Crippen LogP contribution in [-0.2, 0) is 16.8 Å². The van der Waals surface area contributed by atoms with Gasteiger partial charge in [-0.05, 0) is 53.1 Å². The zero-order chi connectivity index (χ0) is 22.8. The largest absolute Gasteiger partial charge is 1.00 e. The number of carbonyl (C=O) groups is 1. The first kappa shape index (κ1) is 24.4. The molecular weight excluding hydrogens is 506 g/mol. The van der Waals surface area contributed by atoms with Crippen LogP contribution >= 0.6 is 11.3 Å². The standard InChI is InChI=1S/C28H29N3OS.BrH/c1-21-30(19-22-14-17-33-20-22)15-16-31(21)26-13-12-25(18-26)28(27(29)32,23-8-4-2-5-9-23)24-10-6-3-7-11-24;/h2-11,14-17,20,25-26H,12-13,18-19H2,1H3,(H-,29,32);1H. The lowest BCUT2D eigenvalue weighted by atomic mass is 9.64. The normalized spacial score (nSPS) is 17.9. The van der Waals surface area contributed by atoms with Crippen molar-refractivity contribution in [2.75, 3.05) is 0 Å². The van der Waals surface area contributed by atoms with Crippen molar-refractivity contribution >= 4 is 17.2 Å². The third-order valence-corrected chi connectivity index (χ3v) is 8.12. The number of benzene rings is 2. The van der Waals surface area contributed by atoms with Crippen molar-refractivity contribution in [3.63, 3.8) is 0 Å². The van der Waals surface area contributed by atoms with Gasteiger partial charge in [-0.15, -0.1) is 0 Å². The minimum atomic E-state index is -0.828. The summed E-state index contributed by atoms with van der Waals surface area (Å²) < 4.78 is 4.71. The van der Waals surface area contributed by atoms with Crippen LogP contribution in [0, 0.1) is 12.8 Å². The van der Waals surface area contributed by atoms with Crippen molar-refractivity contribution in [1.29, 1.82) is 0 Å². The summed E-state index contributed by atoms with van der Waals surface area (Å²) in [5.41, 5.74) is 8.75. The number of carbonyl (C=O) groups excluding carboxylic acids is 1. The predicted molar refractivity (Wildman–Crippen MR) is 132 cm³/mol. The summed E-state index contributed by atoms with van der Waals surface area (Å²) in [6.07, 6.45) is 7.29. The maximum absolute atomic E-state index is 13.3. The Kier molecular flexibility index (Phi) is 7.39. The van der Waals surface area contributed by atoms with Crippen LogP contribution in [0.4, 0.5) is 0 Å². The lowest BCUT2D eigenvalue weighted by Crippen LogP contribution is -3.00. The fraction of sp³-hybridized carbons (Fsp3) is 0.286. The molecule has 176 valence electrons. The number of nitrogens with two attached hydrogens (primary N) is 1. The van der Waals surface area contributed by atoms with Crippen molar-refractivity contribution in [3.8, 4) is 0 Å². The van der Waals surface area contributed by atoms with Gasteiger partial charge in [0.2, 0.25) is 5.91 Å². The summed E-state index contributed by atoms with van der Waals surface area (Å²) in [5, 5.41) is 4.33. The third kappa shape index (κ3) is 4.25. The molecule has 4 nitrogen and oxygen atoms in total. The quantitative estimate of drug-likeness (QED) is 0.361. The smallest absolute Gasteiger partial charge is 0.253 e. The molecule has 2 aromatic carbocycles. The first-order chi connectivity index (χ1) is 16.1. The number of nitrogens with zero attached hydrogens (tertiary/aromatic N) is 2. The number of halogens is 1. The molecule has 1 aliphatic rings. The lowest BCUT2D eigenvalue weighted by Gasteiger charge is -2.37. The van der Waals surface area contributed by atoms with Crippen molar-refractivity contribution in [1.82, 2.24) is 4.57 Å². The van der Waals surface area contributed by atoms with E-state index in [0.29, 0.717) is 6.04 Å². The number of aromatic nitrogens is 2. The average Bonchev–Trinajstić information content (AvgIpc) is 3.59. The summed E-state index contributed by atoms with van der Waals surface area (Å²) >= 11 is 1.73. The highest BCUT2D eigenvalue weighted by atomic mass is 79.9. The number of imidazole rings is 1. The fourth-order valence-electron chi connectivity index (χ4n) is 5.78. The Morgan fingerprint density at radius 2 is 1.71 bits per heavy atom. The minimum Gasteiger partial charge on any atom is -1.00 e. The predicted octanol–water partition coefficient (Wildman–Crippen LogP) is 2.01. The second kappa shape index (κ2) is 10.3. The number of primary amides is 1. The Labute approximate surface area is 215 Å². The van der Waals surface area contributed by atoms with Gasteiger partial charge in [0.15, 0.2) is 0 Å². The van der Waals surface area contributed by atoms with Gasteiger partial charge < -0.3 is 22.7 Å². The molecule has 5 rings (SSSR count). The van der Waals surface area contributed by atoms with Crippen molar-refractivity contribution in [2.24, 2.45) is 11.7 Å². The molecule has 2 unspecified atom stereocenters.